The molecule has 0 aliphatic heterocycles. The molecule has 0 amide bonds. The van der Waals surface area contributed by atoms with Crippen LogP contribution in [0, 0.1) is 0 Å². The molecule has 0 bridgehead atoms. The van der Waals surface area contributed by atoms with E-state index in [0.717, 1.165) is 5.02 Å². The first-order valence-corrected chi connectivity index (χ1v) is 12.1. The molecule has 0 radical (unpaired) electrons. The highest BCUT2D eigenvalue weighted by molar-refractivity contribution is 6.31. The largest absolute Gasteiger partial charge is 0.0843 e. The van der Waals surface area contributed by atoms with E-state index in [1.54, 1.807) is 0 Å². The Balaban J connectivity index is 1.75. The average Bonchev–Trinajstić information content (AvgIpc) is 3.19. The third kappa shape index (κ3) is 2.23. The lowest BCUT2D eigenvalue weighted by Crippen LogP contribution is -2.19. The minimum atomic E-state index is -0.114. The predicted molar refractivity (Wildman–Crippen MR) is 142 cm³/mol. The third-order valence-corrected chi connectivity index (χ3v) is 8.45. The number of rotatable bonds is 0. The van der Waals surface area contributed by atoms with Gasteiger partial charge in [-0.05, 0) is 78.2 Å². The molecule has 5 aromatic rings. The molecule has 0 atom stereocenters. The van der Waals surface area contributed by atoms with E-state index < -0.39 is 0 Å². The van der Waals surface area contributed by atoms with Gasteiger partial charge in [-0.3, -0.25) is 0 Å². The normalized spacial score (nSPS) is 16.5. The van der Waals surface area contributed by atoms with Gasteiger partial charge in [0.2, 0.25) is 0 Å². The minimum absolute atomic E-state index is 0.114. The van der Waals surface area contributed by atoms with Crippen molar-refractivity contribution in [2.75, 3.05) is 0 Å². The van der Waals surface area contributed by atoms with E-state index in [0.29, 0.717) is 0 Å². The van der Waals surface area contributed by atoms with Crippen LogP contribution in [0.4, 0.5) is 0 Å². The Morgan fingerprint density at radius 2 is 1.21 bits per heavy atom. The average molecular weight is 445 g/mol. The Labute approximate surface area is 199 Å². The van der Waals surface area contributed by atoms with Crippen LogP contribution in [-0.2, 0) is 10.8 Å². The number of fused-ring (bicyclic) bond motifs is 12. The van der Waals surface area contributed by atoms with E-state index in [1.165, 1.54) is 66.1 Å². The maximum atomic E-state index is 6.52. The number of hydrogen-bond acceptors (Lipinski definition) is 0. The van der Waals surface area contributed by atoms with Gasteiger partial charge in [0.15, 0.2) is 0 Å². The molecule has 0 nitrogen and oxygen atoms in total. The van der Waals surface area contributed by atoms with Gasteiger partial charge in [-0.15, -0.1) is 0 Å². The molecular formula is C32H25Cl. The fraction of sp³-hybridized carbons (Fsp3) is 0.188. The van der Waals surface area contributed by atoms with Crippen LogP contribution < -0.4 is 0 Å². The summed E-state index contributed by atoms with van der Waals surface area (Å²) in [5.41, 5.74) is 11.0. The summed E-state index contributed by atoms with van der Waals surface area (Å²) in [6.45, 7) is 9.55. The van der Waals surface area contributed by atoms with Crippen molar-refractivity contribution in [2.45, 2.75) is 38.5 Å². The summed E-state index contributed by atoms with van der Waals surface area (Å²) in [6, 6.07) is 29.0. The summed E-state index contributed by atoms with van der Waals surface area (Å²) in [7, 11) is 0. The first-order valence-electron chi connectivity index (χ1n) is 11.7. The first-order chi connectivity index (χ1) is 15.8. The van der Waals surface area contributed by atoms with Crippen molar-refractivity contribution in [1.29, 1.82) is 0 Å². The van der Waals surface area contributed by atoms with E-state index in [4.69, 9.17) is 11.6 Å². The quantitative estimate of drug-likeness (QED) is 0.223. The zero-order chi connectivity index (χ0) is 22.7. The van der Waals surface area contributed by atoms with Crippen molar-refractivity contribution in [1.82, 2.24) is 0 Å². The summed E-state index contributed by atoms with van der Waals surface area (Å²) in [5.74, 6) is 0. The molecule has 0 saturated carbocycles. The van der Waals surface area contributed by atoms with Crippen molar-refractivity contribution in [2.24, 2.45) is 0 Å². The first kappa shape index (κ1) is 19.4. The fourth-order valence-electron chi connectivity index (χ4n) is 6.93. The van der Waals surface area contributed by atoms with Crippen LogP contribution in [0.25, 0.3) is 43.8 Å². The highest BCUT2D eigenvalue weighted by Gasteiger charge is 2.46. The topological polar surface area (TPSA) is 0 Å². The second kappa shape index (κ2) is 6.07. The molecule has 33 heavy (non-hydrogen) atoms. The monoisotopic (exact) mass is 444 g/mol. The van der Waals surface area contributed by atoms with E-state index in [2.05, 4.69) is 107 Å². The van der Waals surface area contributed by atoms with Gasteiger partial charge in [-0.25, -0.2) is 0 Å². The van der Waals surface area contributed by atoms with Gasteiger partial charge in [0.25, 0.3) is 0 Å². The van der Waals surface area contributed by atoms with Crippen LogP contribution in [0.5, 0.6) is 0 Å². The molecule has 1 heteroatoms. The molecule has 0 aromatic heterocycles. The molecule has 2 aliphatic rings. The van der Waals surface area contributed by atoms with E-state index in [-0.39, 0.29) is 10.8 Å². The van der Waals surface area contributed by atoms with Gasteiger partial charge >= 0.3 is 0 Å². The Kier molecular flexibility index (Phi) is 3.57. The van der Waals surface area contributed by atoms with Gasteiger partial charge in [0.05, 0.1) is 0 Å². The molecular weight excluding hydrogens is 420 g/mol. The van der Waals surface area contributed by atoms with Gasteiger partial charge in [0, 0.05) is 15.9 Å². The van der Waals surface area contributed by atoms with Crippen LogP contribution in [0.1, 0.15) is 49.9 Å². The lowest BCUT2D eigenvalue weighted by atomic mass is 9.74. The van der Waals surface area contributed by atoms with Crippen molar-refractivity contribution in [3.63, 3.8) is 0 Å². The van der Waals surface area contributed by atoms with Gasteiger partial charge in [-0.1, -0.05) is 106 Å². The summed E-state index contributed by atoms with van der Waals surface area (Å²) >= 11 is 6.52. The molecule has 0 fully saturated rings. The Morgan fingerprint density at radius 3 is 2.00 bits per heavy atom. The zero-order valence-corrected chi connectivity index (χ0v) is 20.1. The molecule has 0 spiro atoms. The lowest BCUT2D eigenvalue weighted by molar-refractivity contribution is 0.654. The molecule has 160 valence electrons. The molecule has 0 heterocycles. The molecule has 5 aromatic carbocycles. The second-order valence-corrected chi connectivity index (χ2v) is 11.1. The van der Waals surface area contributed by atoms with Crippen LogP contribution >= 0.6 is 11.6 Å². The lowest BCUT2D eigenvalue weighted by Gasteiger charge is -2.28. The highest BCUT2D eigenvalue weighted by Crippen LogP contribution is 2.62. The van der Waals surface area contributed by atoms with Crippen LogP contribution in [-0.4, -0.2) is 0 Å². The standard InChI is InChI=1S/C32H25Cl/c1-31(2)25-17-19(33)14-16-23(25)27-29(31)22-12-8-7-11-21(22)26-24-15-13-18-9-5-6-10-20(18)28(24)32(3,4)30(26)27/h5-17H,1-4H3. The van der Waals surface area contributed by atoms with Crippen molar-refractivity contribution in [3.8, 4) is 22.3 Å². The number of halogens is 1. The van der Waals surface area contributed by atoms with Gasteiger partial charge in [-0.2, -0.15) is 0 Å². The second-order valence-electron chi connectivity index (χ2n) is 10.7. The maximum Gasteiger partial charge on any atom is 0.0409 e. The van der Waals surface area contributed by atoms with Crippen molar-refractivity contribution in [3.05, 3.63) is 106 Å². The summed E-state index contributed by atoms with van der Waals surface area (Å²) < 4.78 is 0. The Bertz CT molecular complexity index is 1670. The zero-order valence-electron chi connectivity index (χ0n) is 19.4. The van der Waals surface area contributed by atoms with E-state index >= 15 is 0 Å². The van der Waals surface area contributed by atoms with E-state index in [9.17, 15) is 0 Å². The maximum absolute atomic E-state index is 6.52. The molecule has 7 rings (SSSR count). The van der Waals surface area contributed by atoms with Crippen LogP contribution in [0.2, 0.25) is 5.02 Å². The Hall–Kier alpha value is -3.09. The van der Waals surface area contributed by atoms with E-state index in [1.807, 2.05) is 0 Å². The number of hydrogen-bond donors (Lipinski definition) is 0. The SMILES string of the molecule is CC1(C)c2c3c(c4ccccc4c2-c2ccc4ccccc4c21)C(C)(C)c1cc(Cl)ccc1-3. The molecule has 0 unspecified atom stereocenters. The predicted octanol–water partition coefficient (Wildman–Crippen LogP) is 9.26. The third-order valence-electron chi connectivity index (χ3n) is 8.21. The smallest absolute Gasteiger partial charge is 0.0409 e. The number of benzene rings is 5. The Morgan fingerprint density at radius 1 is 0.545 bits per heavy atom. The summed E-state index contributed by atoms with van der Waals surface area (Å²) in [5, 5.41) is 6.21. The minimum Gasteiger partial charge on any atom is -0.0843 e. The van der Waals surface area contributed by atoms with Crippen molar-refractivity contribution < 1.29 is 0 Å². The summed E-state index contributed by atoms with van der Waals surface area (Å²) in [6.07, 6.45) is 0. The molecule has 0 saturated heterocycles. The van der Waals surface area contributed by atoms with Crippen LogP contribution in [0.3, 0.4) is 0 Å². The van der Waals surface area contributed by atoms with Crippen molar-refractivity contribution >= 4 is 33.1 Å². The van der Waals surface area contributed by atoms with Gasteiger partial charge in [0.1, 0.15) is 0 Å². The summed E-state index contributed by atoms with van der Waals surface area (Å²) in [4.78, 5) is 0. The molecule has 2 aliphatic carbocycles. The van der Waals surface area contributed by atoms with Crippen LogP contribution in [0.15, 0.2) is 78.9 Å². The highest BCUT2D eigenvalue weighted by atomic mass is 35.5. The van der Waals surface area contributed by atoms with Gasteiger partial charge < -0.3 is 0 Å². The molecule has 0 N–H and O–H groups in total. The fourth-order valence-corrected chi connectivity index (χ4v) is 7.10.